The second-order valence-electron chi connectivity index (χ2n) is 12.6. The summed E-state index contributed by atoms with van der Waals surface area (Å²) >= 11 is 0. The summed E-state index contributed by atoms with van der Waals surface area (Å²) in [6, 6.07) is 2.77. The summed E-state index contributed by atoms with van der Waals surface area (Å²) in [7, 11) is 13.1. The molecule has 302 valence electrons. The van der Waals surface area contributed by atoms with Crippen LogP contribution in [0, 0.1) is 12.5 Å². The van der Waals surface area contributed by atoms with Gasteiger partial charge in [-0.25, -0.2) is 0 Å². The van der Waals surface area contributed by atoms with Gasteiger partial charge in [0.25, 0.3) is 0 Å². The molecule has 0 aromatic carbocycles. The molecule has 0 atom stereocenters. The van der Waals surface area contributed by atoms with Crippen molar-refractivity contribution in [3.8, 4) is 0 Å². The van der Waals surface area contributed by atoms with Gasteiger partial charge in [0.05, 0.1) is 0 Å². The van der Waals surface area contributed by atoms with E-state index >= 15 is 0 Å². The van der Waals surface area contributed by atoms with Gasteiger partial charge < -0.3 is 58.0 Å². The van der Waals surface area contributed by atoms with Crippen molar-refractivity contribution in [2.75, 3.05) is 91.9 Å². The van der Waals surface area contributed by atoms with Crippen molar-refractivity contribution < 1.29 is 57.9 Å². The normalized spacial score (nSPS) is 13.0. The zero-order valence-electron chi connectivity index (χ0n) is 34.2. The standard InChI is InChI=1S/C32H72NO13Si4.Rf/c1-33(31(34)22-14-18-26-47(35-2,36-3)37-4)30-32(23-15-19-27-48(38-5,39-6)40-7,24-16-20-28-49(41-8,42-9)43-10)25-17-21-29-50(44-11,45-12)46-13;/h1,14-30H2,2-13H3;/q-1;. The predicted octanol–water partition coefficient (Wildman–Crippen LogP) is 5.79. The van der Waals surface area contributed by atoms with Crippen LogP contribution in [0.2, 0.25) is 24.2 Å². The molecule has 51 heavy (non-hydrogen) atoms. The Balaban J connectivity index is 0. The molecule has 0 rings (SSSR count). The van der Waals surface area contributed by atoms with Crippen LogP contribution < -0.4 is 0 Å². The molecule has 0 saturated heterocycles. The molecule has 0 N–H and O–H groups in total. The Morgan fingerprint density at radius 2 is 0.686 bits per heavy atom. The van der Waals surface area contributed by atoms with Crippen LogP contribution in [0.3, 0.4) is 0 Å². The van der Waals surface area contributed by atoms with Gasteiger partial charge in [0, 0.05) is 116 Å². The Bertz CT molecular complexity index is 769. The van der Waals surface area contributed by atoms with Gasteiger partial charge in [0.2, 0.25) is 0 Å². The predicted molar refractivity (Wildman–Crippen MR) is 201 cm³/mol. The Kier molecular flexibility index (Phi) is 28.0. The van der Waals surface area contributed by atoms with Crippen LogP contribution in [-0.2, 0) is 57.9 Å². The smallest absolute Gasteiger partial charge is 0.495 e. The minimum absolute atomic E-state index is 0. The fourth-order valence-corrected chi connectivity index (χ4v) is 13.8. The van der Waals surface area contributed by atoms with E-state index in [1.165, 1.54) is 0 Å². The molecule has 0 spiro atoms. The van der Waals surface area contributed by atoms with Gasteiger partial charge in [0.15, 0.2) is 5.91 Å². The van der Waals surface area contributed by atoms with Gasteiger partial charge in [-0.15, -0.1) is 0 Å². The number of rotatable bonds is 34. The van der Waals surface area contributed by atoms with Gasteiger partial charge >= 0.3 is 35.2 Å². The minimum atomic E-state index is -2.71. The third-order valence-corrected chi connectivity index (χ3v) is 21.4. The van der Waals surface area contributed by atoms with E-state index in [9.17, 15) is 4.79 Å². The maximum Gasteiger partial charge on any atom is 0.500 e. The number of amides is 1. The van der Waals surface area contributed by atoms with E-state index in [4.69, 9.17) is 53.1 Å². The molecule has 0 aliphatic heterocycles. The van der Waals surface area contributed by atoms with Crippen LogP contribution in [-0.4, -0.2) is 138 Å². The van der Waals surface area contributed by atoms with E-state index in [1.807, 2.05) is 0 Å². The van der Waals surface area contributed by atoms with Crippen LogP contribution in [0.15, 0.2) is 0 Å². The molecule has 0 aromatic rings. The van der Waals surface area contributed by atoms with E-state index in [-0.39, 0.29) is 11.3 Å². The quantitative estimate of drug-likeness (QED) is 0.0439. The molecule has 0 fully saturated rings. The second kappa shape index (κ2) is 27.4. The number of hydrogen-bond acceptors (Lipinski definition) is 13. The van der Waals surface area contributed by atoms with Gasteiger partial charge in [0.1, 0.15) is 0 Å². The van der Waals surface area contributed by atoms with Gasteiger partial charge in [-0.05, 0) is 63.3 Å². The van der Waals surface area contributed by atoms with Crippen molar-refractivity contribution in [3.05, 3.63) is 7.05 Å². The fourth-order valence-electron chi connectivity index (χ4n) is 6.63. The van der Waals surface area contributed by atoms with Gasteiger partial charge in [-0.1, -0.05) is 19.3 Å². The molecule has 0 bridgehead atoms. The summed E-state index contributed by atoms with van der Waals surface area (Å²) in [6.07, 6.45) is 9.93. The van der Waals surface area contributed by atoms with Crippen molar-refractivity contribution in [3.63, 3.8) is 0 Å². The Morgan fingerprint density at radius 3 is 0.922 bits per heavy atom. The molecule has 0 heterocycles. The average Bonchev–Trinajstić information content (AvgIpc) is 3.16. The van der Waals surface area contributed by atoms with Crippen LogP contribution in [0.4, 0.5) is 0 Å². The summed E-state index contributed by atoms with van der Waals surface area (Å²) in [4.78, 5) is 15.2. The molecular formula is C32H72NO13RfSi4-. The van der Waals surface area contributed by atoms with Crippen LogP contribution >= 0.6 is 0 Å². The Hall–Kier alpha value is -1.14. The van der Waals surface area contributed by atoms with E-state index in [0.717, 1.165) is 64.2 Å². The number of carbonyl (C=O) groups is 1. The zero-order chi connectivity index (χ0) is 38.2. The number of carbonyl (C=O) groups excluding carboxylic acids is 1. The Morgan fingerprint density at radius 1 is 0.451 bits per heavy atom. The number of hydrogen-bond donors (Lipinski definition) is 0. The van der Waals surface area contributed by atoms with Crippen molar-refractivity contribution in [1.82, 2.24) is 4.90 Å². The van der Waals surface area contributed by atoms with Crippen molar-refractivity contribution in [2.24, 2.45) is 5.41 Å². The van der Waals surface area contributed by atoms with Crippen molar-refractivity contribution in [1.29, 1.82) is 0 Å². The summed E-state index contributed by atoms with van der Waals surface area (Å²) in [5, 5.41) is 0. The maximum atomic E-state index is 13.5. The number of unbranched alkanes of at least 4 members (excludes halogenated alkanes) is 4. The summed E-state index contributed by atoms with van der Waals surface area (Å²) in [5.41, 5.74) is -0.187. The van der Waals surface area contributed by atoms with Crippen molar-refractivity contribution in [2.45, 2.75) is 101 Å². The first kappa shape index (κ1) is 52.0. The zero-order valence-corrected chi connectivity index (χ0v) is 44.6. The molecule has 1 amide bonds. The SMILES string of the molecule is [CH2-]N(CC(CCCC[Si](OC)(OC)OC)(CCCC[Si](OC)(OC)OC)CCCC[Si](OC)(OC)OC)C(=O)CCCC[Si](OC)(OC)OC.[Rf]. The first-order valence-electron chi connectivity index (χ1n) is 17.6. The molecule has 0 radical (unpaired) electrons. The van der Waals surface area contributed by atoms with Crippen LogP contribution in [0.5, 0.6) is 0 Å². The monoisotopic (exact) mass is 1060 g/mol. The van der Waals surface area contributed by atoms with E-state index in [1.54, 1.807) is 90.2 Å². The van der Waals surface area contributed by atoms with Crippen LogP contribution in [0.25, 0.3) is 0 Å². The summed E-state index contributed by atoms with van der Waals surface area (Å²) in [6.45, 7) is 0.545. The first-order valence-corrected chi connectivity index (χ1v) is 25.3. The third-order valence-electron chi connectivity index (χ3n) is 10.1. The van der Waals surface area contributed by atoms with Crippen LogP contribution in [0.1, 0.15) is 77.0 Å². The number of nitrogens with zero attached hydrogens (tertiary/aromatic N) is 1. The van der Waals surface area contributed by atoms with Gasteiger partial charge in [-0.3, -0.25) is 11.8 Å². The molecule has 19 heteroatoms. The molecule has 14 nitrogen and oxygen atoms in total. The van der Waals surface area contributed by atoms with Crippen molar-refractivity contribution >= 4 is 41.1 Å². The molecule has 0 aromatic heterocycles. The topological polar surface area (TPSA) is 131 Å². The fraction of sp³-hybridized carbons (Fsp3) is 0.938. The molecule has 0 unspecified atom stereocenters. The minimum Gasteiger partial charge on any atom is -0.495 e. The van der Waals surface area contributed by atoms with E-state index in [0.29, 0.717) is 43.6 Å². The van der Waals surface area contributed by atoms with E-state index in [2.05, 4.69) is 7.05 Å². The first-order chi connectivity index (χ1) is 23.9. The second-order valence-corrected chi connectivity index (χ2v) is 25.0. The maximum absolute atomic E-state index is 13.5. The molecule has 0 aliphatic carbocycles. The summed E-state index contributed by atoms with van der Waals surface area (Å²) < 4.78 is 67.8. The average molecular weight is 1060 g/mol. The largest absolute Gasteiger partial charge is 0.500 e. The third kappa shape index (κ3) is 17.3. The molecule has 0 aliphatic rings. The van der Waals surface area contributed by atoms with Gasteiger partial charge in [-0.2, -0.15) is 0 Å². The molecule has 0 saturated carbocycles. The molecular weight excluding hydrogens is 986 g/mol. The van der Waals surface area contributed by atoms with E-state index < -0.39 is 35.2 Å². The Labute approximate surface area is 308 Å². The summed E-state index contributed by atoms with van der Waals surface area (Å²) in [5.74, 6) is 0.0209.